The van der Waals surface area contributed by atoms with E-state index in [4.69, 9.17) is 27.9 Å². The molecule has 1 unspecified atom stereocenters. The van der Waals surface area contributed by atoms with Crippen molar-refractivity contribution in [2.24, 2.45) is 0 Å². The molecule has 0 aromatic heterocycles. The standard InChI is InChI=1S/C17H13Cl2NO2/c1-11-7-14(19)5-6-17(11)22-10-16(21)15(9-20)12-3-2-4-13(18)8-12/h2-8,15H,10H2,1H3. The molecule has 2 rings (SSSR count). The van der Waals surface area contributed by atoms with Crippen molar-refractivity contribution in [2.75, 3.05) is 6.61 Å². The summed E-state index contributed by atoms with van der Waals surface area (Å²) >= 11 is 11.8. The number of Topliss-reactive ketones (excluding diaryl/α,β-unsaturated/α-hetero) is 1. The Bertz CT molecular complexity index is 738. The first kappa shape index (κ1) is 16.4. The number of aryl methyl sites for hydroxylation is 1. The van der Waals surface area contributed by atoms with Crippen molar-refractivity contribution in [1.29, 1.82) is 5.26 Å². The fourth-order valence-electron chi connectivity index (χ4n) is 2.03. The van der Waals surface area contributed by atoms with E-state index in [0.717, 1.165) is 5.56 Å². The van der Waals surface area contributed by atoms with Crippen LogP contribution in [0.1, 0.15) is 17.0 Å². The minimum absolute atomic E-state index is 0.187. The molecular formula is C17H13Cl2NO2. The number of carbonyl (C=O) groups excluding carboxylic acids is 1. The maximum atomic E-state index is 12.2. The average Bonchev–Trinajstić information content (AvgIpc) is 2.47. The molecule has 0 aliphatic carbocycles. The van der Waals surface area contributed by atoms with E-state index >= 15 is 0 Å². The molecule has 22 heavy (non-hydrogen) atoms. The van der Waals surface area contributed by atoms with Gasteiger partial charge >= 0.3 is 0 Å². The largest absolute Gasteiger partial charge is 0.485 e. The van der Waals surface area contributed by atoms with Gasteiger partial charge in [-0.1, -0.05) is 35.3 Å². The van der Waals surface area contributed by atoms with Crippen molar-refractivity contribution >= 4 is 29.0 Å². The number of nitrogens with zero attached hydrogens (tertiary/aromatic N) is 1. The minimum Gasteiger partial charge on any atom is -0.485 e. The Kier molecular flexibility index (Phi) is 5.43. The van der Waals surface area contributed by atoms with Crippen LogP contribution in [0.2, 0.25) is 10.0 Å². The van der Waals surface area contributed by atoms with Crippen molar-refractivity contribution in [3.8, 4) is 11.8 Å². The van der Waals surface area contributed by atoms with Crippen LogP contribution in [0.5, 0.6) is 5.75 Å². The Labute approximate surface area is 139 Å². The summed E-state index contributed by atoms with van der Waals surface area (Å²) in [5, 5.41) is 10.3. The first-order valence-electron chi connectivity index (χ1n) is 6.58. The second kappa shape index (κ2) is 7.31. The lowest BCUT2D eigenvalue weighted by molar-refractivity contribution is -0.121. The molecule has 0 saturated heterocycles. The van der Waals surface area contributed by atoms with Crippen LogP contribution in [0.15, 0.2) is 42.5 Å². The normalized spacial score (nSPS) is 11.5. The van der Waals surface area contributed by atoms with Gasteiger partial charge in [-0.2, -0.15) is 5.26 Å². The number of ketones is 1. The third kappa shape index (κ3) is 4.00. The van der Waals surface area contributed by atoms with Crippen molar-refractivity contribution in [3.63, 3.8) is 0 Å². The molecule has 5 heteroatoms. The number of carbonyl (C=O) groups is 1. The Morgan fingerprint density at radius 3 is 2.59 bits per heavy atom. The predicted octanol–water partition coefficient (Wildman–Crippen LogP) is 4.56. The summed E-state index contributed by atoms with van der Waals surface area (Å²) in [6.45, 7) is 1.65. The van der Waals surface area contributed by atoms with Crippen LogP contribution in [0.3, 0.4) is 0 Å². The van der Waals surface area contributed by atoms with Gasteiger partial charge in [-0.3, -0.25) is 4.79 Å². The van der Waals surface area contributed by atoms with Gasteiger partial charge in [-0.25, -0.2) is 0 Å². The zero-order chi connectivity index (χ0) is 16.1. The molecule has 0 spiro atoms. The van der Waals surface area contributed by atoms with E-state index in [0.29, 0.717) is 21.4 Å². The van der Waals surface area contributed by atoms with Gasteiger partial charge in [0.05, 0.1) is 6.07 Å². The van der Waals surface area contributed by atoms with E-state index in [1.807, 2.05) is 13.0 Å². The Hall–Kier alpha value is -2.02. The van der Waals surface area contributed by atoms with Crippen molar-refractivity contribution < 1.29 is 9.53 Å². The zero-order valence-corrected chi connectivity index (χ0v) is 13.4. The Morgan fingerprint density at radius 1 is 1.23 bits per heavy atom. The molecule has 2 aromatic carbocycles. The minimum atomic E-state index is -0.897. The van der Waals surface area contributed by atoms with E-state index in [-0.39, 0.29) is 12.4 Å². The molecule has 2 aromatic rings. The van der Waals surface area contributed by atoms with Crippen LogP contribution >= 0.6 is 23.2 Å². The maximum Gasteiger partial charge on any atom is 0.191 e. The first-order valence-corrected chi connectivity index (χ1v) is 7.33. The molecule has 3 nitrogen and oxygen atoms in total. The SMILES string of the molecule is Cc1cc(Cl)ccc1OCC(=O)C(C#N)c1cccc(Cl)c1. The summed E-state index contributed by atoms with van der Waals surface area (Å²) in [4.78, 5) is 12.2. The van der Waals surface area contributed by atoms with Crippen LogP contribution in [0.25, 0.3) is 0 Å². The van der Waals surface area contributed by atoms with Gasteiger partial charge in [0.25, 0.3) is 0 Å². The number of nitriles is 1. The van der Waals surface area contributed by atoms with E-state index in [1.54, 1.807) is 42.5 Å². The summed E-state index contributed by atoms with van der Waals surface area (Å²) in [5.74, 6) is -0.647. The molecule has 0 N–H and O–H groups in total. The Balaban J connectivity index is 2.09. The fourth-order valence-corrected chi connectivity index (χ4v) is 2.45. The van der Waals surface area contributed by atoms with Crippen LogP contribution < -0.4 is 4.74 Å². The van der Waals surface area contributed by atoms with Crippen molar-refractivity contribution in [3.05, 3.63) is 63.6 Å². The lowest BCUT2D eigenvalue weighted by Crippen LogP contribution is -2.19. The maximum absolute atomic E-state index is 12.2. The molecular weight excluding hydrogens is 321 g/mol. The second-order valence-corrected chi connectivity index (χ2v) is 5.65. The quantitative estimate of drug-likeness (QED) is 0.805. The van der Waals surface area contributed by atoms with Gasteiger partial charge in [0, 0.05) is 10.0 Å². The van der Waals surface area contributed by atoms with E-state index in [9.17, 15) is 10.1 Å². The van der Waals surface area contributed by atoms with Gasteiger partial charge < -0.3 is 4.74 Å². The summed E-state index contributed by atoms with van der Waals surface area (Å²) in [6, 6.07) is 13.8. The van der Waals surface area contributed by atoms with Gasteiger partial charge in [0.15, 0.2) is 5.78 Å². The molecule has 1 atom stereocenters. The van der Waals surface area contributed by atoms with Crippen LogP contribution in [-0.2, 0) is 4.79 Å². The summed E-state index contributed by atoms with van der Waals surface area (Å²) in [7, 11) is 0. The molecule has 0 heterocycles. The first-order chi connectivity index (χ1) is 10.5. The molecule has 112 valence electrons. The Morgan fingerprint density at radius 2 is 1.95 bits per heavy atom. The third-order valence-corrected chi connectivity index (χ3v) is 3.61. The summed E-state index contributed by atoms with van der Waals surface area (Å²) in [5.41, 5.74) is 1.40. The molecule has 0 saturated carbocycles. The van der Waals surface area contributed by atoms with Crippen LogP contribution in [-0.4, -0.2) is 12.4 Å². The van der Waals surface area contributed by atoms with Gasteiger partial charge in [0.2, 0.25) is 0 Å². The summed E-state index contributed by atoms with van der Waals surface area (Å²) < 4.78 is 5.50. The molecule has 0 fully saturated rings. The number of halogens is 2. The molecule has 0 bridgehead atoms. The number of hydrogen-bond donors (Lipinski definition) is 0. The highest BCUT2D eigenvalue weighted by Gasteiger charge is 2.21. The summed E-state index contributed by atoms with van der Waals surface area (Å²) in [6.07, 6.45) is 0. The number of benzene rings is 2. The van der Waals surface area contributed by atoms with E-state index in [1.165, 1.54) is 0 Å². The molecule has 0 amide bonds. The topological polar surface area (TPSA) is 50.1 Å². The van der Waals surface area contributed by atoms with Crippen LogP contribution in [0, 0.1) is 18.3 Å². The third-order valence-electron chi connectivity index (χ3n) is 3.14. The zero-order valence-electron chi connectivity index (χ0n) is 11.8. The highest BCUT2D eigenvalue weighted by Crippen LogP contribution is 2.23. The number of hydrogen-bond acceptors (Lipinski definition) is 3. The average molecular weight is 334 g/mol. The lowest BCUT2D eigenvalue weighted by atomic mass is 9.96. The smallest absolute Gasteiger partial charge is 0.191 e. The second-order valence-electron chi connectivity index (χ2n) is 4.78. The highest BCUT2D eigenvalue weighted by molar-refractivity contribution is 6.31. The van der Waals surface area contributed by atoms with Gasteiger partial charge in [0.1, 0.15) is 18.3 Å². The number of rotatable bonds is 5. The van der Waals surface area contributed by atoms with Crippen molar-refractivity contribution in [1.82, 2.24) is 0 Å². The highest BCUT2D eigenvalue weighted by atomic mass is 35.5. The lowest BCUT2D eigenvalue weighted by Gasteiger charge is -2.12. The van der Waals surface area contributed by atoms with Gasteiger partial charge in [-0.05, 0) is 48.4 Å². The fraction of sp³-hybridized carbons (Fsp3) is 0.176. The molecule has 0 aliphatic rings. The molecule has 0 radical (unpaired) electrons. The van der Waals surface area contributed by atoms with Gasteiger partial charge in [-0.15, -0.1) is 0 Å². The van der Waals surface area contributed by atoms with Crippen LogP contribution in [0.4, 0.5) is 0 Å². The van der Waals surface area contributed by atoms with E-state index in [2.05, 4.69) is 0 Å². The van der Waals surface area contributed by atoms with Crippen molar-refractivity contribution in [2.45, 2.75) is 12.8 Å². The van der Waals surface area contributed by atoms with E-state index < -0.39 is 5.92 Å². The number of ether oxygens (including phenoxy) is 1. The predicted molar refractivity (Wildman–Crippen MR) is 86.5 cm³/mol. The molecule has 0 aliphatic heterocycles. The monoisotopic (exact) mass is 333 g/mol.